The number of aromatic nitrogens is 2. The Morgan fingerprint density at radius 3 is 2.35 bits per heavy atom. The highest BCUT2D eigenvalue weighted by Gasteiger charge is 2.10. The second kappa shape index (κ2) is 6.48. The van der Waals surface area contributed by atoms with Crippen LogP contribution in [0.1, 0.15) is 17.0 Å². The summed E-state index contributed by atoms with van der Waals surface area (Å²) in [7, 11) is 1.66. The van der Waals surface area contributed by atoms with Crippen molar-refractivity contribution in [1.29, 1.82) is 0 Å². The van der Waals surface area contributed by atoms with Crippen LogP contribution >= 0.6 is 0 Å². The summed E-state index contributed by atoms with van der Waals surface area (Å²) in [5.74, 6) is 0.827. The van der Waals surface area contributed by atoms with Crippen molar-refractivity contribution in [2.45, 2.75) is 13.8 Å². The molecule has 0 aliphatic carbocycles. The molecular formula is C19H19N3O. The average Bonchev–Trinajstić information content (AvgIpc) is 2.88. The van der Waals surface area contributed by atoms with Crippen molar-refractivity contribution in [2.24, 2.45) is 4.99 Å². The first kappa shape index (κ1) is 15.0. The lowest BCUT2D eigenvalue weighted by Crippen LogP contribution is -1.98. The summed E-state index contributed by atoms with van der Waals surface area (Å²) in [4.78, 5) is 4.55. The summed E-state index contributed by atoms with van der Waals surface area (Å²) >= 11 is 0. The minimum absolute atomic E-state index is 0.827. The van der Waals surface area contributed by atoms with Gasteiger partial charge in [0.25, 0.3) is 0 Å². The molecule has 0 aliphatic heterocycles. The fourth-order valence-corrected chi connectivity index (χ4v) is 2.47. The van der Waals surface area contributed by atoms with Crippen molar-refractivity contribution >= 4 is 11.9 Å². The molecule has 1 aromatic heterocycles. The largest absolute Gasteiger partial charge is 0.497 e. The maximum atomic E-state index is 5.16. The third-order valence-corrected chi connectivity index (χ3v) is 3.76. The second-order valence-electron chi connectivity index (χ2n) is 5.29. The van der Waals surface area contributed by atoms with Crippen molar-refractivity contribution in [3.05, 3.63) is 71.5 Å². The Hall–Kier alpha value is -2.88. The molecule has 2 aromatic carbocycles. The standard InChI is InChI=1S/C19H19N3O/c1-14-19(13-20-16-9-11-18(23-3)12-10-16)15(2)22(21-14)17-7-5-4-6-8-17/h4-13H,1-3H3. The number of aryl methyl sites for hydroxylation is 1. The van der Waals surface area contributed by atoms with Gasteiger partial charge in [-0.25, -0.2) is 4.68 Å². The van der Waals surface area contributed by atoms with E-state index >= 15 is 0 Å². The number of para-hydroxylation sites is 1. The van der Waals surface area contributed by atoms with Crippen molar-refractivity contribution in [2.75, 3.05) is 7.11 Å². The average molecular weight is 305 g/mol. The Kier molecular flexibility index (Phi) is 4.24. The molecular weight excluding hydrogens is 286 g/mol. The summed E-state index contributed by atoms with van der Waals surface area (Å²) in [6.07, 6.45) is 1.87. The summed E-state index contributed by atoms with van der Waals surface area (Å²) in [6.45, 7) is 4.06. The molecule has 0 radical (unpaired) electrons. The minimum Gasteiger partial charge on any atom is -0.497 e. The number of ether oxygens (including phenoxy) is 1. The second-order valence-corrected chi connectivity index (χ2v) is 5.29. The minimum atomic E-state index is 0.827. The zero-order valence-electron chi connectivity index (χ0n) is 13.5. The number of hydrogen-bond acceptors (Lipinski definition) is 3. The number of methoxy groups -OCH3 is 1. The molecule has 116 valence electrons. The Labute approximate surface area is 136 Å². The number of hydrogen-bond donors (Lipinski definition) is 0. The van der Waals surface area contributed by atoms with Crippen LogP contribution in [0.3, 0.4) is 0 Å². The van der Waals surface area contributed by atoms with Crippen molar-refractivity contribution in [3.63, 3.8) is 0 Å². The van der Waals surface area contributed by atoms with Crippen LogP contribution in [-0.4, -0.2) is 23.1 Å². The summed E-state index contributed by atoms with van der Waals surface area (Å²) in [5, 5.41) is 4.63. The third kappa shape index (κ3) is 3.16. The monoisotopic (exact) mass is 305 g/mol. The maximum Gasteiger partial charge on any atom is 0.119 e. The van der Waals surface area contributed by atoms with Gasteiger partial charge in [0.1, 0.15) is 5.75 Å². The van der Waals surface area contributed by atoms with Crippen molar-refractivity contribution in [3.8, 4) is 11.4 Å². The van der Waals surface area contributed by atoms with Gasteiger partial charge in [0.15, 0.2) is 0 Å². The van der Waals surface area contributed by atoms with E-state index in [1.807, 2.05) is 72.4 Å². The molecule has 23 heavy (non-hydrogen) atoms. The predicted octanol–water partition coefficient (Wildman–Crippen LogP) is 4.25. The molecule has 0 saturated heterocycles. The van der Waals surface area contributed by atoms with Gasteiger partial charge in [0.2, 0.25) is 0 Å². The third-order valence-electron chi connectivity index (χ3n) is 3.76. The van der Waals surface area contributed by atoms with Gasteiger partial charge in [-0.2, -0.15) is 5.10 Å². The highest BCUT2D eigenvalue weighted by atomic mass is 16.5. The van der Waals surface area contributed by atoms with E-state index in [-0.39, 0.29) is 0 Å². The Balaban J connectivity index is 1.91. The summed E-state index contributed by atoms with van der Waals surface area (Å²) in [5.41, 5.74) is 5.02. The van der Waals surface area contributed by atoms with Crippen molar-refractivity contribution in [1.82, 2.24) is 9.78 Å². The van der Waals surface area contributed by atoms with Crippen LogP contribution in [0.25, 0.3) is 5.69 Å². The first-order valence-electron chi connectivity index (χ1n) is 7.49. The number of benzene rings is 2. The van der Waals surface area contributed by atoms with Gasteiger partial charge in [0.05, 0.1) is 29.9 Å². The van der Waals surface area contributed by atoms with E-state index in [0.29, 0.717) is 0 Å². The fourth-order valence-electron chi connectivity index (χ4n) is 2.47. The number of aliphatic imine (C=N–C) groups is 1. The van der Waals surface area contributed by atoms with Gasteiger partial charge in [-0.3, -0.25) is 4.99 Å². The van der Waals surface area contributed by atoms with Gasteiger partial charge in [-0.1, -0.05) is 18.2 Å². The van der Waals surface area contributed by atoms with Crippen LogP contribution in [0.5, 0.6) is 5.75 Å². The molecule has 3 rings (SSSR count). The van der Waals surface area contributed by atoms with E-state index < -0.39 is 0 Å². The topological polar surface area (TPSA) is 39.4 Å². The molecule has 4 heteroatoms. The molecule has 0 spiro atoms. The van der Waals surface area contributed by atoms with E-state index in [9.17, 15) is 0 Å². The summed E-state index contributed by atoms with van der Waals surface area (Å²) < 4.78 is 7.11. The van der Waals surface area contributed by atoms with Gasteiger partial charge >= 0.3 is 0 Å². The molecule has 0 aliphatic rings. The first-order chi connectivity index (χ1) is 11.2. The molecule has 0 amide bonds. The highest BCUT2D eigenvalue weighted by Crippen LogP contribution is 2.20. The molecule has 0 fully saturated rings. The Morgan fingerprint density at radius 1 is 1.00 bits per heavy atom. The first-order valence-corrected chi connectivity index (χ1v) is 7.49. The lowest BCUT2D eigenvalue weighted by molar-refractivity contribution is 0.415. The SMILES string of the molecule is COc1ccc(N=Cc2c(C)nn(-c3ccccc3)c2C)cc1. The quantitative estimate of drug-likeness (QED) is 0.676. The van der Waals surface area contributed by atoms with Gasteiger partial charge < -0.3 is 4.74 Å². The lowest BCUT2D eigenvalue weighted by Gasteiger charge is -2.03. The van der Waals surface area contributed by atoms with Crippen LogP contribution in [0, 0.1) is 13.8 Å². The van der Waals surface area contributed by atoms with E-state index in [2.05, 4.69) is 17.0 Å². The zero-order valence-corrected chi connectivity index (χ0v) is 13.5. The molecule has 0 N–H and O–H groups in total. The smallest absolute Gasteiger partial charge is 0.119 e. The zero-order chi connectivity index (χ0) is 16.2. The fraction of sp³-hybridized carbons (Fsp3) is 0.158. The Morgan fingerprint density at radius 2 is 1.70 bits per heavy atom. The molecule has 4 nitrogen and oxygen atoms in total. The molecule has 0 saturated carbocycles. The van der Waals surface area contributed by atoms with E-state index in [4.69, 9.17) is 4.74 Å². The molecule has 0 atom stereocenters. The van der Waals surface area contributed by atoms with E-state index in [1.54, 1.807) is 7.11 Å². The molecule has 1 heterocycles. The van der Waals surface area contributed by atoms with Crippen LogP contribution in [0.15, 0.2) is 59.6 Å². The van der Waals surface area contributed by atoms with E-state index in [1.165, 1.54) is 0 Å². The van der Waals surface area contributed by atoms with E-state index in [0.717, 1.165) is 34.1 Å². The van der Waals surface area contributed by atoms with Gasteiger partial charge in [-0.05, 0) is 50.2 Å². The van der Waals surface area contributed by atoms with Crippen LogP contribution in [-0.2, 0) is 0 Å². The van der Waals surface area contributed by atoms with Gasteiger partial charge in [0, 0.05) is 11.8 Å². The molecule has 3 aromatic rings. The Bertz CT molecular complexity index is 818. The maximum absolute atomic E-state index is 5.16. The number of nitrogens with zero attached hydrogens (tertiary/aromatic N) is 3. The van der Waals surface area contributed by atoms with Crippen molar-refractivity contribution < 1.29 is 4.74 Å². The molecule has 0 bridgehead atoms. The highest BCUT2D eigenvalue weighted by molar-refractivity contribution is 5.85. The van der Waals surface area contributed by atoms with Crippen LogP contribution in [0.4, 0.5) is 5.69 Å². The van der Waals surface area contributed by atoms with Gasteiger partial charge in [-0.15, -0.1) is 0 Å². The predicted molar refractivity (Wildman–Crippen MR) is 93.3 cm³/mol. The lowest BCUT2D eigenvalue weighted by atomic mass is 10.2. The molecule has 0 unspecified atom stereocenters. The van der Waals surface area contributed by atoms with Crippen LogP contribution < -0.4 is 4.74 Å². The van der Waals surface area contributed by atoms with Crippen LogP contribution in [0.2, 0.25) is 0 Å². The number of rotatable bonds is 4. The normalized spacial score (nSPS) is 11.1. The summed E-state index contributed by atoms with van der Waals surface area (Å²) in [6, 6.07) is 17.8.